The number of ether oxygens (including phenoxy) is 1. The predicted octanol–water partition coefficient (Wildman–Crippen LogP) is 5.61. The lowest BCUT2D eigenvalue weighted by Gasteiger charge is -2.42. The largest absolute Gasteiger partial charge is 0.489 e. The summed E-state index contributed by atoms with van der Waals surface area (Å²) in [5, 5.41) is 0. The molecule has 1 aliphatic rings. The second-order valence-electron chi connectivity index (χ2n) is 7.72. The van der Waals surface area contributed by atoms with E-state index in [2.05, 4.69) is 70.2 Å². The molecule has 1 nitrogen and oxygen atoms in total. The minimum Gasteiger partial charge on any atom is -0.489 e. The van der Waals surface area contributed by atoms with Gasteiger partial charge in [-0.2, -0.15) is 0 Å². The molecule has 22 heavy (non-hydrogen) atoms. The van der Waals surface area contributed by atoms with E-state index >= 15 is 0 Å². The van der Waals surface area contributed by atoms with Gasteiger partial charge in [-0.15, -0.1) is 0 Å². The number of hydrogen-bond donors (Lipinski definition) is 0. The van der Waals surface area contributed by atoms with E-state index < -0.39 is 0 Å². The van der Waals surface area contributed by atoms with E-state index in [0.717, 1.165) is 5.75 Å². The van der Waals surface area contributed by atoms with Crippen LogP contribution in [0, 0.1) is 0 Å². The highest BCUT2D eigenvalue weighted by atomic mass is 16.5. The molecule has 0 saturated carbocycles. The zero-order valence-electron chi connectivity index (χ0n) is 14.1. The van der Waals surface area contributed by atoms with Gasteiger partial charge in [-0.1, -0.05) is 70.2 Å². The molecule has 0 unspecified atom stereocenters. The van der Waals surface area contributed by atoms with Gasteiger partial charge >= 0.3 is 0 Å². The van der Waals surface area contributed by atoms with Crippen LogP contribution in [0.1, 0.15) is 57.2 Å². The summed E-state index contributed by atoms with van der Waals surface area (Å²) >= 11 is 0. The van der Waals surface area contributed by atoms with Crippen LogP contribution in [-0.2, 0) is 17.4 Å². The van der Waals surface area contributed by atoms with E-state index in [0.29, 0.717) is 6.61 Å². The Hall–Kier alpha value is -1.76. The molecule has 0 aromatic heterocycles. The number of rotatable bonds is 3. The molecule has 0 fully saturated rings. The molecule has 0 aliphatic heterocycles. The SMILES string of the molecule is CC1(C)CCC(C)(C)c2c(OCc3ccccc3)cccc21. The molecule has 2 aromatic rings. The maximum absolute atomic E-state index is 6.22. The van der Waals surface area contributed by atoms with Gasteiger partial charge in [0.05, 0.1) is 0 Å². The summed E-state index contributed by atoms with van der Waals surface area (Å²) < 4.78 is 6.22. The first-order valence-corrected chi connectivity index (χ1v) is 8.21. The first kappa shape index (κ1) is 15.1. The Morgan fingerprint density at radius 3 is 2.23 bits per heavy atom. The number of hydrogen-bond acceptors (Lipinski definition) is 1. The van der Waals surface area contributed by atoms with Gasteiger partial charge in [-0.25, -0.2) is 0 Å². The van der Waals surface area contributed by atoms with E-state index in [1.54, 1.807) is 0 Å². The molecule has 0 spiro atoms. The molecule has 1 aliphatic carbocycles. The molecule has 0 saturated heterocycles. The maximum Gasteiger partial charge on any atom is 0.123 e. The molecule has 0 atom stereocenters. The minimum absolute atomic E-state index is 0.179. The van der Waals surface area contributed by atoms with Crippen molar-refractivity contribution in [2.45, 2.75) is 58.0 Å². The highest BCUT2D eigenvalue weighted by Gasteiger charge is 2.39. The van der Waals surface area contributed by atoms with Crippen LogP contribution in [-0.4, -0.2) is 0 Å². The standard InChI is InChI=1S/C21H26O/c1-20(2)13-14-21(3,4)19-17(20)11-8-12-18(19)22-15-16-9-6-5-7-10-16/h5-12H,13-15H2,1-4H3. The van der Waals surface area contributed by atoms with Crippen molar-refractivity contribution in [2.75, 3.05) is 0 Å². The predicted molar refractivity (Wildman–Crippen MR) is 92.5 cm³/mol. The Balaban J connectivity index is 1.96. The van der Waals surface area contributed by atoms with Gasteiger partial charge in [-0.3, -0.25) is 0 Å². The molecule has 0 N–H and O–H groups in total. The molecule has 116 valence electrons. The molecular weight excluding hydrogens is 268 g/mol. The highest BCUT2D eigenvalue weighted by Crippen LogP contribution is 2.49. The third-order valence-electron chi connectivity index (χ3n) is 5.04. The Bertz CT molecular complexity index is 653. The second-order valence-corrected chi connectivity index (χ2v) is 7.72. The maximum atomic E-state index is 6.22. The van der Waals surface area contributed by atoms with Crippen LogP contribution in [0.3, 0.4) is 0 Å². The first-order chi connectivity index (χ1) is 10.4. The van der Waals surface area contributed by atoms with E-state index in [9.17, 15) is 0 Å². The third-order valence-corrected chi connectivity index (χ3v) is 5.04. The van der Waals surface area contributed by atoms with Crippen LogP contribution in [0.15, 0.2) is 48.5 Å². The van der Waals surface area contributed by atoms with Gasteiger partial charge in [0.2, 0.25) is 0 Å². The summed E-state index contributed by atoms with van der Waals surface area (Å²) in [4.78, 5) is 0. The van der Waals surface area contributed by atoms with Crippen LogP contribution >= 0.6 is 0 Å². The van der Waals surface area contributed by atoms with Crippen molar-refractivity contribution in [2.24, 2.45) is 0 Å². The van der Waals surface area contributed by atoms with Gasteiger partial charge in [0, 0.05) is 5.56 Å². The summed E-state index contributed by atoms with van der Waals surface area (Å²) in [5.41, 5.74) is 4.49. The summed E-state index contributed by atoms with van der Waals surface area (Å²) in [6.45, 7) is 10.0. The zero-order chi connectivity index (χ0) is 15.8. The van der Waals surface area contributed by atoms with Crippen LogP contribution in [0.2, 0.25) is 0 Å². The average molecular weight is 294 g/mol. The van der Waals surface area contributed by atoms with Crippen molar-refractivity contribution in [3.8, 4) is 5.75 Å². The topological polar surface area (TPSA) is 9.23 Å². The lowest BCUT2D eigenvalue weighted by atomic mass is 9.63. The van der Waals surface area contributed by atoms with Crippen molar-refractivity contribution in [1.29, 1.82) is 0 Å². The van der Waals surface area contributed by atoms with Gasteiger partial charge in [-0.05, 0) is 40.9 Å². The smallest absolute Gasteiger partial charge is 0.123 e. The third kappa shape index (κ3) is 2.77. The van der Waals surface area contributed by atoms with E-state index in [1.165, 1.54) is 29.5 Å². The Labute approximate surface area is 134 Å². The minimum atomic E-state index is 0.179. The first-order valence-electron chi connectivity index (χ1n) is 8.21. The highest BCUT2D eigenvalue weighted by molar-refractivity contribution is 5.50. The average Bonchev–Trinajstić information content (AvgIpc) is 2.51. The molecule has 0 amide bonds. The fourth-order valence-electron chi connectivity index (χ4n) is 3.53. The lowest BCUT2D eigenvalue weighted by molar-refractivity contribution is 0.274. The number of benzene rings is 2. The van der Waals surface area contributed by atoms with Crippen molar-refractivity contribution in [3.05, 3.63) is 65.2 Å². The summed E-state index contributed by atoms with van der Waals surface area (Å²) in [7, 11) is 0. The molecule has 0 heterocycles. The van der Waals surface area contributed by atoms with Crippen LogP contribution < -0.4 is 4.74 Å². The fraction of sp³-hybridized carbons (Fsp3) is 0.429. The quantitative estimate of drug-likeness (QED) is 0.714. The van der Waals surface area contributed by atoms with Gasteiger partial charge in [0.15, 0.2) is 0 Å². The molecule has 0 radical (unpaired) electrons. The second kappa shape index (κ2) is 5.46. The van der Waals surface area contributed by atoms with Crippen LogP contribution in [0.25, 0.3) is 0 Å². The van der Waals surface area contributed by atoms with E-state index in [4.69, 9.17) is 4.74 Å². The fourth-order valence-corrected chi connectivity index (χ4v) is 3.53. The van der Waals surface area contributed by atoms with Gasteiger partial charge in [0.1, 0.15) is 12.4 Å². The molecular formula is C21H26O. The summed E-state index contributed by atoms with van der Waals surface area (Å²) in [5.74, 6) is 1.05. The molecule has 2 aromatic carbocycles. The zero-order valence-corrected chi connectivity index (χ0v) is 14.1. The lowest BCUT2D eigenvalue weighted by Crippen LogP contribution is -2.34. The normalized spacial score (nSPS) is 18.5. The van der Waals surface area contributed by atoms with E-state index in [1.807, 2.05) is 6.07 Å². The Kier molecular flexibility index (Phi) is 3.76. The monoisotopic (exact) mass is 294 g/mol. The molecule has 1 heteroatoms. The molecule has 0 bridgehead atoms. The van der Waals surface area contributed by atoms with Crippen LogP contribution in [0.4, 0.5) is 0 Å². The summed E-state index contributed by atoms with van der Waals surface area (Å²) in [6, 6.07) is 17.0. The van der Waals surface area contributed by atoms with Gasteiger partial charge in [0.25, 0.3) is 0 Å². The van der Waals surface area contributed by atoms with E-state index in [-0.39, 0.29) is 10.8 Å². The Morgan fingerprint density at radius 1 is 0.818 bits per heavy atom. The van der Waals surface area contributed by atoms with Gasteiger partial charge < -0.3 is 4.74 Å². The summed E-state index contributed by atoms with van der Waals surface area (Å²) in [6.07, 6.45) is 2.44. The van der Waals surface area contributed by atoms with Crippen molar-refractivity contribution >= 4 is 0 Å². The number of fused-ring (bicyclic) bond motifs is 1. The molecule has 3 rings (SSSR count). The van der Waals surface area contributed by atoms with Crippen molar-refractivity contribution in [3.63, 3.8) is 0 Å². The van der Waals surface area contributed by atoms with Crippen molar-refractivity contribution in [1.82, 2.24) is 0 Å². The van der Waals surface area contributed by atoms with Crippen molar-refractivity contribution < 1.29 is 4.74 Å². The van der Waals surface area contributed by atoms with Crippen LogP contribution in [0.5, 0.6) is 5.75 Å². The Morgan fingerprint density at radius 2 is 1.50 bits per heavy atom.